The normalized spacial score (nSPS) is 11.8. The van der Waals surface area contributed by atoms with Gasteiger partial charge in [0.25, 0.3) is 10.0 Å². The molecule has 0 saturated heterocycles. The molecule has 0 fully saturated rings. The lowest BCUT2D eigenvalue weighted by molar-refractivity contribution is -0.139. The molecule has 0 spiro atoms. The van der Waals surface area contributed by atoms with Crippen LogP contribution in [0, 0.1) is 0 Å². The number of benzene rings is 4. The Bertz CT molecular complexity index is 1530. The van der Waals surface area contributed by atoms with E-state index in [0.29, 0.717) is 11.4 Å². The second-order valence-corrected chi connectivity index (χ2v) is 11.2. The topological polar surface area (TPSA) is 96.0 Å². The molecule has 8 nitrogen and oxygen atoms in total. The number of nitrogens with zero attached hydrogens (tertiary/aromatic N) is 2. The lowest BCUT2D eigenvalue weighted by Crippen LogP contribution is -2.53. The van der Waals surface area contributed by atoms with Crippen LogP contribution in [0.15, 0.2) is 120 Å². The van der Waals surface area contributed by atoms with Crippen LogP contribution < -0.4 is 14.4 Å². The zero-order valence-electron chi connectivity index (χ0n) is 23.0. The van der Waals surface area contributed by atoms with Crippen molar-refractivity contribution in [2.24, 2.45) is 0 Å². The number of sulfonamides is 1. The molecule has 0 aliphatic carbocycles. The van der Waals surface area contributed by atoms with E-state index in [1.54, 1.807) is 42.5 Å². The Labute approximate surface area is 241 Å². The molecular weight excluding hydrogens is 538 g/mol. The van der Waals surface area contributed by atoms with Crippen molar-refractivity contribution in [3.63, 3.8) is 0 Å². The van der Waals surface area contributed by atoms with Crippen LogP contribution in [0.4, 0.5) is 5.69 Å². The SMILES string of the molecule is CNC(=O)[C@H](Cc1ccccc1)N(Cc1ccccc1)C(=O)CN(c1ccccc1)S(=O)(=O)c1ccc(OC)cc1. The van der Waals surface area contributed by atoms with Gasteiger partial charge in [-0.15, -0.1) is 0 Å². The molecule has 0 unspecified atom stereocenters. The number of likely N-dealkylation sites (N-methyl/N-ethyl adjacent to an activating group) is 1. The van der Waals surface area contributed by atoms with Crippen molar-refractivity contribution in [2.75, 3.05) is 25.0 Å². The second kappa shape index (κ2) is 13.6. The molecule has 0 aliphatic rings. The Kier molecular flexibility index (Phi) is 9.76. The van der Waals surface area contributed by atoms with Gasteiger partial charge >= 0.3 is 0 Å². The molecule has 212 valence electrons. The van der Waals surface area contributed by atoms with Gasteiger partial charge < -0.3 is 15.0 Å². The van der Waals surface area contributed by atoms with Gasteiger partial charge in [0.1, 0.15) is 18.3 Å². The Morgan fingerprint density at radius 1 is 0.780 bits per heavy atom. The van der Waals surface area contributed by atoms with Gasteiger partial charge in [-0.3, -0.25) is 13.9 Å². The van der Waals surface area contributed by atoms with Crippen LogP contribution in [0.3, 0.4) is 0 Å². The predicted octanol–water partition coefficient (Wildman–Crippen LogP) is 4.28. The summed E-state index contributed by atoms with van der Waals surface area (Å²) in [7, 11) is -1.14. The first-order chi connectivity index (χ1) is 19.8. The fourth-order valence-corrected chi connectivity index (χ4v) is 5.91. The number of para-hydroxylation sites is 1. The summed E-state index contributed by atoms with van der Waals surface area (Å²) in [6.45, 7) is -0.386. The van der Waals surface area contributed by atoms with E-state index < -0.39 is 28.5 Å². The fourth-order valence-electron chi connectivity index (χ4n) is 4.50. The molecule has 0 aromatic heterocycles. The van der Waals surface area contributed by atoms with Gasteiger partial charge in [0.15, 0.2) is 0 Å². The Balaban J connectivity index is 1.75. The largest absolute Gasteiger partial charge is 0.497 e. The number of amides is 2. The van der Waals surface area contributed by atoms with Gasteiger partial charge in [-0.05, 0) is 47.5 Å². The molecule has 4 aromatic carbocycles. The van der Waals surface area contributed by atoms with Crippen molar-refractivity contribution in [2.45, 2.75) is 23.9 Å². The summed E-state index contributed by atoms with van der Waals surface area (Å²) < 4.78 is 34.1. The summed E-state index contributed by atoms with van der Waals surface area (Å²) in [4.78, 5) is 28.9. The van der Waals surface area contributed by atoms with E-state index in [-0.39, 0.29) is 23.8 Å². The molecule has 0 bridgehead atoms. The number of hydrogen-bond acceptors (Lipinski definition) is 5. The molecule has 4 aromatic rings. The number of anilines is 1. The highest BCUT2D eigenvalue weighted by molar-refractivity contribution is 7.92. The Hall–Kier alpha value is -4.63. The molecule has 0 saturated carbocycles. The Morgan fingerprint density at radius 3 is 1.85 bits per heavy atom. The van der Waals surface area contributed by atoms with Gasteiger partial charge in [0.2, 0.25) is 11.8 Å². The summed E-state index contributed by atoms with van der Waals surface area (Å²) >= 11 is 0. The summed E-state index contributed by atoms with van der Waals surface area (Å²) in [6, 6.07) is 32.3. The number of ether oxygens (including phenoxy) is 1. The third kappa shape index (κ3) is 7.32. The van der Waals surface area contributed by atoms with Crippen LogP contribution in [0.5, 0.6) is 5.75 Å². The van der Waals surface area contributed by atoms with E-state index in [1.807, 2.05) is 60.7 Å². The van der Waals surface area contributed by atoms with Gasteiger partial charge in [0, 0.05) is 20.0 Å². The molecule has 4 rings (SSSR count). The number of hydrogen-bond donors (Lipinski definition) is 1. The molecule has 9 heteroatoms. The molecule has 1 atom stereocenters. The molecule has 1 N–H and O–H groups in total. The smallest absolute Gasteiger partial charge is 0.264 e. The number of carbonyl (C=O) groups is 2. The lowest BCUT2D eigenvalue weighted by atomic mass is 10.0. The second-order valence-electron chi connectivity index (χ2n) is 9.35. The van der Waals surface area contributed by atoms with E-state index in [1.165, 1.54) is 31.2 Å². The number of carbonyl (C=O) groups excluding carboxylic acids is 2. The molecule has 0 heterocycles. The van der Waals surface area contributed by atoms with Crippen molar-refractivity contribution in [1.29, 1.82) is 0 Å². The van der Waals surface area contributed by atoms with Crippen molar-refractivity contribution in [3.05, 3.63) is 126 Å². The molecule has 41 heavy (non-hydrogen) atoms. The van der Waals surface area contributed by atoms with Crippen molar-refractivity contribution >= 4 is 27.5 Å². The number of nitrogens with one attached hydrogen (secondary N) is 1. The first-order valence-electron chi connectivity index (χ1n) is 13.1. The van der Waals surface area contributed by atoms with Crippen LogP contribution >= 0.6 is 0 Å². The van der Waals surface area contributed by atoms with Crippen LogP contribution in [0.1, 0.15) is 11.1 Å². The number of methoxy groups -OCH3 is 1. The van der Waals surface area contributed by atoms with E-state index in [4.69, 9.17) is 4.74 Å². The lowest BCUT2D eigenvalue weighted by Gasteiger charge is -2.33. The van der Waals surface area contributed by atoms with E-state index in [9.17, 15) is 18.0 Å². The maximum atomic E-state index is 14.2. The average Bonchev–Trinajstić information content (AvgIpc) is 3.02. The quantitative estimate of drug-likeness (QED) is 0.274. The summed E-state index contributed by atoms with van der Waals surface area (Å²) in [6.07, 6.45) is 0.260. The van der Waals surface area contributed by atoms with Gasteiger partial charge in [-0.2, -0.15) is 0 Å². The third-order valence-corrected chi connectivity index (χ3v) is 8.47. The van der Waals surface area contributed by atoms with Crippen LogP contribution in [0.2, 0.25) is 0 Å². The first kappa shape index (κ1) is 29.4. The highest BCUT2D eigenvalue weighted by atomic mass is 32.2. The van der Waals surface area contributed by atoms with E-state index >= 15 is 0 Å². The summed E-state index contributed by atoms with van der Waals surface area (Å²) in [5, 5.41) is 2.68. The van der Waals surface area contributed by atoms with Gasteiger partial charge in [0.05, 0.1) is 17.7 Å². The number of rotatable bonds is 12. The van der Waals surface area contributed by atoms with Gasteiger partial charge in [-0.25, -0.2) is 8.42 Å². The van der Waals surface area contributed by atoms with Crippen molar-refractivity contribution in [1.82, 2.24) is 10.2 Å². The minimum atomic E-state index is -4.16. The monoisotopic (exact) mass is 571 g/mol. The average molecular weight is 572 g/mol. The van der Waals surface area contributed by atoms with Crippen LogP contribution in [-0.2, 0) is 32.6 Å². The summed E-state index contributed by atoms with van der Waals surface area (Å²) in [5.41, 5.74) is 2.01. The standard InChI is InChI=1S/C32H33N3O5S/c1-33-32(37)30(22-25-12-6-3-7-13-25)34(23-26-14-8-4-9-15-26)31(36)24-35(27-16-10-5-11-17-27)41(38,39)29-20-18-28(40-2)19-21-29/h3-21,30H,22-24H2,1-2H3,(H,33,37)/t30-/m0/s1. The fraction of sp³-hybridized carbons (Fsp3) is 0.188. The minimum Gasteiger partial charge on any atom is -0.497 e. The molecular formula is C32H33N3O5S. The highest BCUT2D eigenvalue weighted by Gasteiger charge is 2.34. The zero-order chi connectivity index (χ0) is 29.2. The van der Waals surface area contributed by atoms with Gasteiger partial charge in [-0.1, -0.05) is 78.9 Å². The third-order valence-electron chi connectivity index (χ3n) is 6.68. The molecule has 0 aliphatic heterocycles. The maximum Gasteiger partial charge on any atom is 0.264 e. The van der Waals surface area contributed by atoms with Crippen molar-refractivity contribution in [3.8, 4) is 5.75 Å². The zero-order valence-corrected chi connectivity index (χ0v) is 23.8. The predicted molar refractivity (Wildman–Crippen MR) is 159 cm³/mol. The summed E-state index contributed by atoms with van der Waals surface area (Å²) in [5.74, 6) is -0.351. The molecule has 2 amide bonds. The minimum absolute atomic E-state index is 0.0108. The van der Waals surface area contributed by atoms with Crippen LogP contribution in [0.25, 0.3) is 0 Å². The van der Waals surface area contributed by atoms with Crippen molar-refractivity contribution < 1.29 is 22.7 Å². The Morgan fingerprint density at radius 2 is 1.32 bits per heavy atom. The van der Waals surface area contributed by atoms with E-state index in [0.717, 1.165) is 15.4 Å². The first-order valence-corrected chi connectivity index (χ1v) is 14.6. The molecule has 0 radical (unpaired) electrons. The maximum absolute atomic E-state index is 14.2. The van der Waals surface area contributed by atoms with Crippen LogP contribution in [-0.4, -0.2) is 51.9 Å². The van der Waals surface area contributed by atoms with E-state index in [2.05, 4.69) is 5.32 Å². The highest BCUT2D eigenvalue weighted by Crippen LogP contribution is 2.26.